The van der Waals surface area contributed by atoms with Crippen LogP contribution in [0.1, 0.15) is 11.4 Å². The number of fused-ring (bicyclic) bond motifs is 2. The molecule has 4 aromatic heterocycles. The van der Waals surface area contributed by atoms with Gasteiger partial charge in [0.15, 0.2) is 0 Å². The topological polar surface area (TPSA) is 83.1 Å². The van der Waals surface area contributed by atoms with Crippen LogP contribution in [0.2, 0.25) is 0 Å². The van der Waals surface area contributed by atoms with Gasteiger partial charge in [-0.3, -0.25) is 9.97 Å². The molecule has 1 aromatic carbocycles. The predicted molar refractivity (Wildman–Crippen MR) is 102 cm³/mol. The quantitative estimate of drug-likeness (QED) is 0.505. The highest BCUT2D eigenvalue weighted by molar-refractivity contribution is 5.92. The second-order valence-corrected chi connectivity index (χ2v) is 6.45. The summed E-state index contributed by atoms with van der Waals surface area (Å²) < 4.78 is 0. The Morgan fingerprint density at radius 1 is 0.731 bits per heavy atom. The Hall–Kier alpha value is -3.54. The van der Waals surface area contributed by atoms with Gasteiger partial charge >= 0.3 is 0 Å². The van der Waals surface area contributed by atoms with E-state index in [1.165, 1.54) is 0 Å². The Kier molecular flexibility index (Phi) is 3.12. The van der Waals surface area contributed by atoms with Crippen LogP contribution >= 0.6 is 0 Å². The lowest BCUT2D eigenvalue weighted by molar-refractivity contribution is 1.17. The molecule has 0 unspecified atom stereocenters. The van der Waals surface area contributed by atoms with Crippen molar-refractivity contribution in [3.8, 4) is 22.8 Å². The van der Waals surface area contributed by atoms with E-state index in [0.29, 0.717) is 0 Å². The number of rotatable bonds is 2. The molecule has 126 valence electrons. The van der Waals surface area contributed by atoms with E-state index >= 15 is 0 Å². The van der Waals surface area contributed by atoms with Crippen molar-refractivity contribution in [2.24, 2.45) is 0 Å². The van der Waals surface area contributed by atoms with E-state index in [4.69, 9.17) is 4.98 Å². The molecule has 0 aliphatic carbocycles. The number of H-pyrrole nitrogens is 2. The van der Waals surface area contributed by atoms with Crippen molar-refractivity contribution >= 4 is 22.1 Å². The average molecular weight is 340 g/mol. The fourth-order valence-electron chi connectivity index (χ4n) is 3.08. The number of aryl methyl sites for hydroxylation is 2. The van der Waals surface area contributed by atoms with E-state index in [1.54, 1.807) is 0 Å². The van der Waals surface area contributed by atoms with E-state index in [2.05, 4.69) is 24.9 Å². The molecule has 5 aromatic rings. The number of aromatic nitrogens is 6. The summed E-state index contributed by atoms with van der Waals surface area (Å²) in [5.41, 5.74) is 7.57. The molecule has 4 heterocycles. The zero-order valence-electron chi connectivity index (χ0n) is 14.4. The molecule has 26 heavy (non-hydrogen) atoms. The van der Waals surface area contributed by atoms with Gasteiger partial charge in [-0.1, -0.05) is 6.07 Å². The molecule has 0 amide bonds. The standard InChI is InChI=1S/C20H16N6/c1-11-3-5-14(21-9-11)15-6-4-13(10-22-15)20-25-18-7-16-17(8-19(18)26-20)24-12(2)23-16/h3-10H,1-2H3,(H,23,24)(H,25,26). The van der Waals surface area contributed by atoms with Crippen molar-refractivity contribution in [2.45, 2.75) is 13.8 Å². The van der Waals surface area contributed by atoms with Gasteiger partial charge in [0.25, 0.3) is 0 Å². The minimum atomic E-state index is 0.792. The first-order valence-corrected chi connectivity index (χ1v) is 8.41. The minimum absolute atomic E-state index is 0.792. The number of hydrogen-bond acceptors (Lipinski definition) is 4. The van der Waals surface area contributed by atoms with Crippen LogP contribution in [0.25, 0.3) is 44.8 Å². The lowest BCUT2D eigenvalue weighted by atomic mass is 10.2. The number of hydrogen-bond donors (Lipinski definition) is 2. The molecule has 6 nitrogen and oxygen atoms in total. The molecule has 2 N–H and O–H groups in total. The van der Waals surface area contributed by atoms with Crippen LogP contribution in [-0.4, -0.2) is 29.9 Å². The minimum Gasteiger partial charge on any atom is -0.342 e. The van der Waals surface area contributed by atoms with E-state index < -0.39 is 0 Å². The summed E-state index contributed by atoms with van der Waals surface area (Å²) in [4.78, 5) is 24.7. The number of nitrogens with one attached hydrogen (secondary N) is 2. The highest BCUT2D eigenvalue weighted by Gasteiger charge is 2.09. The van der Waals surface area contributed by atoms with Crippen LogP contribution in [0.15, 0.2) is 48.8 Å². The number of imidazole rings is 2. The molecule has 0 spiro atoms. The number of aromatic amines is 2. The van der Waals surface area contributed by atoms with E-state index in [-0.39, 0.29) is 0 Å². The largest absolute Gasteiger partial charge is 0.342 e. The fourth-order valence-corrected chi connectivity index (χ4v) is 3.08. The third-order valence-corrected chi connectivity index (χ3v) is 4.41. The van der Waals surface area contributed by atoms with Gasteiger partial charge in [0.1, 0.15) is 11.6 Å². The Balaban J connectivity index is 1.53. The normalized spacial score (nSPS) is 11.5. The predicted octanol–water partition coefficient (Wildman–Crippen LogP) is 4.18. The molecule has 6 heteroatoms. The maximum Gasteiger partial charge on any atom is 0.140 e. The van der Waals surface area contributed by atoms with Crippen molar-refractivity contribution < 1.29 is 0 Å². The van der Waals surface area contributed by atoms with Gasteiger partial charge in [-0.25, -0.2) is 9.97 Å². The maximum absolute atomic E-state index is 4.69. The van der Waals surface area contributed by atoms with Crippen LogP contribution in [-0.2, 0) is 0 Å². The lowest BCUT2D eigenvalue weighted by Gasteiger charge is -2.01. The summed E-state index contributed by atoms with van der Waals surface area (Å²) in [6.07, 6.45) is 3.67. The molecule has 5 rings (SSSR count). The molecule has 0 bridgehead atoms. The van der Waals surface area contributed by atoms with Gasteiger partial charge in [0.05, 0.1) is 33.5 Å². The van der Waals surface area contributed by atoms with Crippen LogP contribution < -0.4 is 0 Å². The van der Waals surface area contributed by atoms with Gasteiger partial charge in [-0.15, -0.1) is 0 Å². The SMILES string of the molecule is Cc1ccc(-c2ccc(-c3nc4cc5nc(C)[nH]c5cc4[nH]3)cn2)nc1. The maximum atomic E-state index is 4.69. The number of pyridine rings is 2. The van der Waals surface area contributed by atoms with Crippen molar-refractivity contribution in [3.63, 3.8) is 0 Å². The number of benzene rings is 1. The van der Waals surface area contributed by atoms with Gasteiger partial charge < -0.3 is 9.97 Å². The molecule has 0 saturated carbocycles. The first kappa shape index (κ1) is 14.8. The third-order valence-electron chi connectivity index (χ3n) is 4.41. The highest BCUT2D eigenvalue weighted by atomic mass is 14.9. The molecule has 0 aliphatic rings. The molecule has 0 atom stereocenters. The second kappa shape index (κ2) is 5.49. The van der Waals surface area contributed by atoms with Crippen molar-refractivity contribution in [1.29, 1.82) is 0 Å². The van der Waals surface area contributed by atoms with Crippen molar-refractivity contribution in [1.82, 2.24) is 29.9 Å². The summed E-state index contributed by atoms with van der Waals surface area (Å²) in [6, 6.07) is 12.0. The molecular weight excluding hydrogens is 324 g/mol. The van der Waals surface area contributed by atoms with Gasteiger partial charge in [0, 0.05) is 18.0 Å². The molecule has 0 radical (unpaired) electrons. The summed E-state index contributed by atoms with van der Waals surface area (Å²) in [6.45, 7) is 3.97. The highest BCUT2D eigenvalue weighted by Crippen LogP contribution is 2.25. The third kappa shape index (κ3) is 2.43. The van der Waals surface area contributed by atoms with E-state index in [1.807, 2.05) is 62.6 Å². The first-order valence-electron chi connectivity index (χ1n) is 8.41. The molecule has 0 aliphatic heterocycles. The summed E-state index contributed by atoms with van der Waals surface area (Å²) >= 11 is 0. The summed E-state index contributed by atoms with van der Waals surface area (Å²) in [7, 11) is 0. The van der Waals surface area contributed by atoms with Crippen LogP contribution in [0, 0.1) is 13.8 Å². The Morgan fingerprint density at radius 2 is 1.46 bits per heavy atom. The Morgan fingerprint density at radius 3 is 2.19 bits per heavy atom. The molecule has 0 saturated heterocycles. The zero-order chi connectivity index (χ0) is 17.7. The zero-order valence-corrected chi connectivity index (χ0v) is 14.4. The van der Waals surface area contributed by atoms with E-state index in [0.717, 1.165) is 56.2 Å². The Labute approximate surface area is 149 Å². The second-order valence-electron chi connectivity index (χ2n) is 6.45. The average Bonchev–Trinajstić information content (AvgIpc) is 3.21. The Bertz CT molecular complexity index is 1180. The van der Waals surface area contributed by atoms with E-state index in [9.17, 15) is 0 Å². The summed E-state index contributed by atoms with van der Waals surface area (Å²) in [5, 5.41) is 0. The lowest BCUT2D eigenvalue weighted by Crippen LogP contribution is -1.89. The monoisotopic (exact) mass is 340 g/mol. The smallest absolute Gasteiger partial charge is 0.140 e. The van der Waals surface area contributed by atoms with Gasteiger partial charge in [-0.2, -0.15) is 0 Å². The van der Waals surface area contributed by atoms with Crippen LogP contribution in [0.4, 0.5) is 0 Å². The summed E-state index contributed by atoms with van der Waals surface area (Å²) in [5.74, 6) is 1.69. The van der Waals surface area contributed by atoms with Crippen LogP contribution in [0.3, 0.4) is 0 Å². The first-order chi connectivity index (χ1) is 12.7. The fraction of sp³-hybridized carbons (Fsp3) is 0.100. The van der Waals surface area contributed by atoms with Crippen molar-refractivity contribution in [2.75, 3.05) is 0 Å². The molecular formula is C20H16N6. The molecule has 0 fully saturated rings. The van der Waals surface area contributed by atoms with Gasteiger partial charge in [0.2, 0.25) is 0 Å². The van der Waals surface area contributed by atoms with Crippen LogP contribution in [0.5, 0.6) is 0 Å². The van der Waals surface area contributed by atoms with Crippen molar-refractivity contribution in [3.05, 3.63) is 60.2 Å². The number of nitrogens with zero attached hydrogens (tertiary/aromatic N) is 4. The van der Waals surface area contributed by atoms with Gasteiger partial charge in [-0.05, 0) is 49.7 Å².